The first-order valence-electron chi connectivity index (χ1n) is 6.58. The third-order valence-corrected chi connectivity index (χ3v) is 3.79. The molecule has 0 spiro atoms. The summed E-state index contributed by atoms with van der Waals surface area (Å²) in [6.45, 7) is 2.26. The summed E-state index contributed by atoms with van der Waals surface area (Å²) in [6, 6.07) is 9.22. The Morgan fingerprint density at radius 3 is 2.68 bits per heavy atom. The van der Waals surface area contributed by atoms with Crippen LogP contribution in [-0.4, -0.2) is 42.2 Å². The van der Waals surface area contributed by atoms with Crippen LogP contribution in [0.3, 0.4) is 0 Å². The van der Waals surface area contributed by atoms with Crippen molar-refractivity contribution in [3.63, 3.8) is 0 Å². The zero-order valence-corrected chi connectivity index (χ0v) is 10.8. The van der Waals surface area contributed by atoms with E-state index in [1.807, 2.05) is 37.3 Å². The monoisotopic (exact) mass is 265 g/mol. The summed E-state index contributed by atoms with van der Waals surface area (Å²) in [7, 11) is 0. The van der Waals surface area contributed by atoms with Crippen molar-refractivity contribution >= 4 is 0 Å². The van der Waals surface area contributed by atoms with E-state index < -0.39 is 24.5 Å². The molecule has 2 aliphatic heterocycles. The molecule has 5 heteroatoms. The summed E-state index contributed by atoms with van der Waals surface area (Å²) in [5.41, 5.74) is 6.85. The van der Waals surface area contributed by atoms with Crippen molar-refractivity contribution in [1.29, 1.82) is 0 Å². The molecular weight excluding hydrogens is 246 g/mol. The fourth-order valence-corrected chi connectivity index (χ4v) is 2.61. The van der Waals surface area contributed by atoms with E-state index in [2.05, 4.69) is 0 Å². The Morgan fingerprint density at radius 2 is 1.95 bits per heavy atom. The van der Waals surface area contributed by atoms with E-state index in [0.29, 0.717) is 6.61 Å². The van der Waals surface area contributed by atoms with Crippen LogP contribution < -0.4 is 5.73 Å². The zero-order chi connectivity index (χ0) is 13.4. The first-order valence-corrected chi connectivity index (χ1v) is 6.58. The largest absolute Gasteiger partial charge is 0.389 e. The van der Waals surface area contributed by atoms with Crippen molar-refractivity contribution in [2.45, 2.75) is 43.7 Å². The average Bonchev–Trinajstić information content (AvgIpc) is 2.46. The summed E-state index contributed by atoms with van der Waals surface area (Å²) >= 11 is 0. The van der Waals surface area contributed by atoms with E-state index in [0.717, 1.165) is 5.56 Å². The molecule has 0 radical (unpaired) electrons. The van der Waals surface area contributed by atoms with Gasteiger partial charge in [-0.25, -0.2) is 0 Å². The SMILES string of the molecule is C[C@@H]1OC2COC(c3ccccc3)O[C@@H]2[C@@H](O)C1N. The topological polar surface area (TPSA) is 73.9 Å². The fourth-order valence-electron chi connectivity index (χ4n) is 2.61. The minimum atomic E-state index is -0.733. The predicted molar refractivity (Wildman–Crippen MR) is 68.3 cm³/mol. The highest BCUT2D eigenvalue weighted by Crippen LogP contribution is 2.33. The molecule has 0 aliphatic carbocycles. The van der Waals surface area contributed by atoms with E-state index in [-0.39, 0.29) is 12.2 Å². The van der Waals surface area contributed by atoms with E-state index in [1.54, 1.807) is 0 Å². The second-order valence-corrected chi connectivity index (χ2v) is 5.12. The summed E-state index contributed by atoms with van der Waals surface area (Å²) in [6.07, 6.45) is -2.10. The Kier molecular flexibility index (Phi) is 3.56. The van der Waals surface area contributed by atoms with E-state index in [1.165, 1.54) is 0 Å². The molecule has 19 heavy (non-hydrogen) atoms. The second kappa shape index (κ2) is 5.19. The number of hydrogen-bond donors (Lipinski definition) is 2. The van der Waals surface area contributed by atoms with Gasteiger partial charge in [-0.05, 0) is 6.92 Å². The molecule has 2 fully saturated rings. The number of aliphatic hydroxyl groups excluding tert-OH is 1. The number of ether oxygens (including phenoxy) is 3. The molecule has 0 saturated carbocycles. The van der Waals surface area contributed by atoms with E-state index >= 15 is 0 Å². The third-order valence-electron chi connectivity index (χ3n) is 3.79. The lowest BCUT2D eigenvalue weighted by Gasteiger charge is -2.46. The van der Waals surface area contributed by atoms with Crippen molar-refractivity contribution in [2.75, 3.05) is 6.61 Å². The van der Waals surface area contributed by atoms with E-state index in [4.69, 9.17) is 19.9 Å². The molecule has 3 unspecified atom stereocenters. The van der Waals surface area contributed by atoms with Crippen molar-refractivity contribution in [3.05, 3.63) is 35.9 Å². The Morgan fingerprint density at radius 1 is 1.21 bits per heavy atom. The highest BCUT2D eigenvalue weighted by molar-refractivity contribution is 5.16. The fraction of sp³-hybridized carbons (Fsp3) is 0.571. The van der Waals surface area contributed by atoms with Crippen molar-refractivity contribution in [3.8, 4) is 0 Å². The van der Waals surface area contributed by atoms with Crippen LogP contribution in [0.15, 0.2) is 30.3 Å². The zero-order valence-electron chi connectivity index (χ0n) is 10.8. The number of benzene rings is 1. The Bertz CT molecular complexity index is 425. The van der Waals surface area contributed by atoms with Crippen molar-refractivity contribution in [1.82, 2.24) is 0 Å². The Balaban J connectivity index is 1.75. The van der Waals surface area contributed by atoms with Crippen LogP contribution in [0.5, 0.6) is 0 Å². The van der Waals surface area contributed by atoms with Crippen LogP contribution in [0, 0.1) is 0 Å². The normalized spacial score (nSPS) is 42.7. The van der Waals surface area contributed by atoms with Gasteiger partial charge in [0.1, 0.15) is 18.3 Å². The van der Waals surface area contributed by atoms with Gasteiger partial charge < -0.3 is 25.1 Å². The molecule has 1 aromatic rings. The maximum absolute atomic E-state index is 10.2. The van der Waals surface area contributed by atoms with Gasteiger partial charge in [-0.1, -0.05) is 30.3 Å². The molecule has 5 nitrogen and oxygen atoms in total. The molecule has 2 saturated heterocycles. The van der Waals surface area contributed by atoms with Gasteiger partial charge in [0.2, 0.25) is 0 Å². The maximum Gasteiger partial charge on any atom is 0.184 e. The Hall–Kier alpha value is -0.980. The molecule has 0 aromatic heterocycles. The number of hydrogen-bond acceptors (Lipinski definition) is 5. The van der Waals surface area contributed by atoms with Crippen molar-refractivity contribution < 1.29 is 19.3 Å². The van der Waals surface area contributed by atoms with Gasteiger partial charge in [-0.15, -0.1) is 0 Å². The van der Waals surface area contributed by atoms with Gasteiger partial charge in [0.15, 0.2) is 6.29 Å². The van der Waals surface area contributed by atoms with Crippen LogP contribution in [0.2, 0.25) is 0 Å². The molecule has 104 valence electrons. The minimum Gasteiger partial charge on any atom is -0.389 e. The second-order valence-electron chi connectivity index (χ2n) is 5.12. The van der Waals surface area contributed by atoms with Crippen LogP contribution in [-0.2, 0) is 14.2 Å². The summed E-state index contributed by atoms with van der Waals surface area (Å²) in [4.78, 5) is 0. The van der Waals surface area contributed by atoms with Gasteiger partial charge in [0.05, 0.1) is 18.8 Å². The van der Waals surface area contributed by atoms with Crippen LogP contribution in [0.4, 0.5) is 0 Å². The first-order chi connectivity index (χ1) is 9.16. The molecule has 1 aromatic carbocycles. The number of fused-ring (bicyclic) bond motifs is 1. The smallest absolute Gasteiger partial charge is 0.184 e. The molecule has 2 heterocycles. The minimum absolute atomic E-state index is 0.197. The lowest BCUT2D eigenvalue weighted by molar-refractivity contribution is -0.311. The standard InChI is InChI=1S/C14H19NO4/c1-8-11(15)12(16)13-10(18-8)7-17-14(19-13)9-5-3-2-4-6-9/h2-6,8,10-14,16H,7,15H2,1H3/t8-,10?,11?,12-,13-,14?/m0/s1. The summed E-state index contributed by atoms with van der Waals surface area (Å²) < 4.78 is 17.2. The van der Waals surface area contributed by atoms with Gasteiger partial charge in [0, 0.05) is 5.56 Å². The lowest BCUT2D eigenvalue weighted by atomic mass is 9.93. The summed E-state index contributed by atoms with van der Waals surface area (Å²) in [5.74, 6) is 0. The molecule has 0 amide bonds. The molecular formula is C14H19NO4. The average molecular weight is 265 g/mol. The van der Waals surface area contributed by atoms with Crippen LogP contribution in [0.25, 0.3) is 0 Å². The molecule has 2 aliphatic rings. The van der Waals surface area contributed by atoms with Crippen molar-refractivity contribution in [2.24, 2.45) is 5.73 Å². The Labute approximate surface area is 112 Å². The first kappa shape index (κ1) is 13.0. The highest BCUT2D eigenvalue weighted by Gasteiger charge is 2.46. The maximum atomic E-state index is 10.2. The lowest BCUT2D eigenvalue weighted by Crippen LogP contribution is -2.63. The summed E-state index contributed by atoms with van der Waals surface area (Å²) in [5, 5.41) is 10.2. The molecule has 3 rings (SSSR count). The number of nitrogens with two attached hydrogens (primary N) is 1. The van der Waals surface area contributed by atoms with Gasteiger partial charge >= 0.3 is 0 Å². The molecule has 3 N–H and O–H groups in total. The van der Waals surface area contributed by atoms with Crippen LogP contribution >= 0.6 is 0 Å². The number of rotatable bonds is 1. The van der Waals surface area contributed by atoms with Gasteiger partial charge in [0.25, 0.3) is 0 Å². The highest BCUT2D eigenvalue weighted by atomic mass is 16.7. The van der Waals surface area contributed by atoms with E-state index in [9.17, 15) is 5.11 Å². The van der Waals surface area contributed by atoms with Crippen LogP contribution in [0.1, 0.15) is 18.8 Å². The third kappa shape index (κ3) is 2.40. The quantitative estimate of drug-likeness (QED) is 0.777. The molecule has 6 atom stereocenters. The van der Waals surface area contributed by atoms with Gasteiger partial charge in [-0.2, -0.15) is 0 Å². The predicted octanol–water partition coefficient (Wildman–Crippen LogP) is 0.576. The van der Waals surface area contributed by atoms with Gasteiger partial charge in [-0.3, -0.25) is 0 Å². The number of aliphatic hydroxyl groups is 1. The molecule has 0 bridgehead atoms.